The molecule has 2 heterocycles. The van der Waals surface area contributed by atoms with Crippen LogP contribution in [0.25, 0.3) is 0 Å². The smallest absolute Gasteiger partial charge is 0.259 e. The third-order valence-corrected chi connectivity index (χ3v) is 4.32. The van der Waals surface area contributed by atoms with Gasteiger partial charge in [-0.2, -0.15) is 5.11 Å². The quantitative estimate of drug-likeness (QED) is 0.814. The average Bonchev–Trinajstić information content (AvgIpc) is 3.03. The number of nitrogens with zero attached hydrogens (tertiary/aromatic N) is 4. The number of imide groups is 1. The molecule has 122 valence electrons. The lowest BCUT2D eigenvalue weighted by Gasteiger charge is -2.28. The molecule has 1 aromatic carbocycles. The molecule has 0 aliphatic carbocycles. The molecule has 0 radical (unpaired) electrons. The van der Waals surface area contributed by atoms with Crippen molar-refractivity contribution >= 4 is 11.8 Å². The Hall–Kier alpha value is -2.48. The number of likely N-dealkylation sites (N-methyl/N-ethyl adjacent to an activating group) is 1. The molecular formula is C15H18N4O4. The molecule has 2 aliphatic rings. The zero-order valence-electron chi connectivity index (χ0n) is 13.1. The predicted molar refractivity (Wildman–Crippen MR) is 79.6 cm³/mol. The van der Waals surface area contributed by atoms with Gasteiger partial charge in [-0.05, 0) is 18.6 Å². The predicted octanol–water partition coefficient (Wildman–Crippen LogP) is 0.456. The number of rotatable bonds is 4. The summed E-state index contributed by atoms with van der Waals surface area (Å²) in [5.74, 6) is -0.328. The zero-order chi connectivity index (χ0) is 16.7. The summed E-state index contributed by atoms with van der Waals surface area (Å²) in [7, 11) is 3.11. The van der Waals surface area contributed by atoms with Crippen LogP contribution in [-0.4, -0.2) is 59.7 Å². The number of aliphatic hydroxyl groups excluding tert-OH is 1. The molecule has 0 saturated carbocycles. The molecule has 8 heteroatoms. The summed E-state index contributed by atoms with van der Waals surface area (Å²) in [6.07, 6.45) is 0. The summed E-state index contributed by atoms with van der Waals surface area (Å²) in [6.45, 7) is 1.46. The number of amides is 2. The monoisotopic (exact) mass is 318 g/mol. The summed E-state index contributed by atoms with van der Waals surface area (Å²) < 4.78 is 5.34. The molecule has 3 unspecified atom stereocenters. The molecule has 23 heavy (non-hydrogen) atoms. The van der Waals surface area contributed by atoms with E-state index in [9.17, 15) is 14.7 Å². The van der Waals surface area contributed by atoms with Crippen LogP contribution >= 0.6 is 0 Å². The van der Waals surface area contributed by atoms with Gasteiger partial charge in [0.15, 0.2) is 12.1 Å². The maximum absolute atomic E-state index is 12.7. The number of aryl methyl sites for hydroxylation is 1. The number of fused-ring (bicyclic) bond motifs is 1. The van der Waals surface area contributed by atoms with Gasteiger partial charge in [-0.15, -0.1) is 0 Å². The molecule has 2 aliphatic heterocycles. The van der Waals surface area contributed by atoms with Gasteiger partial charge in [-0.1, -0.05) is 17.4 Å². The van der Waals surface area contributed by atoms with E-state index in [0.717, 1.165) is 10.5 Å². The van der Waals surface area contributed by atoms with Crippen LogP contribution in [0.5, 0.6) is 5.75 Å². The Balaban J connectivity index is 2.04. The number of likely N-dealkylation sites (tertiary alicyclic amines) is 1. The minimum atomic E-state index is -0.837. The summed E-state index contributed by atoms with van der Waals surface area (Å²) in [5, 5.41) is 18.9. The van der Waals surface area contributed by atoms with Gasteiger partial charge >= 0.3 is 0 Å². The minimum Gasteiger partial charge on any atom is -0.496 e. The van der Waals surface area contributed by atoms with E-state index in [-0.39, 0.29) is 6.61 Å². The second-order valence-corrected chi connectivity index (χ2v) is 5.60. The number of hydrogen-bond donors (Lipinski definition) is 1. The first-order valence-electron chi connectivity index (χ1n) is 7.26. The number of benzene rings is 1. The van der Waals surface area contributed by atoms with Crippen molar-refractivity contribution in [1.29, 1.82) is 0 Å². The molecule has 1 aromatic rings. The van der Waals surface area contributed by atoms with Crippen molar-refractivity contribution in [2.75, 3.05) is 20.8 Å². The van der Waals surface area contributed by atoms with Gasteiger partial charge in [0.1, 0.15) is 5.75 Å². The van der Waals surface area contributed by atoms with Crippen molar-refractivity contribution in [3.05, 3.63) is 29.3 Å². The van der Waals surface area contributed by atoms with E-state index in [4.69, 9.17) is 4.74 Å². The van der Waals surface area contributed by atoms with Crippen LogP contribution in [0, 0.1) is 6.92 Å². The molecule has 1 fully saturated rings. The molecule has 0 bridgehead atoms. The summed E-state index contributed by atoms with van der Waals surface area (Å²) in [4.78, 5) is 26.4. The van der Waals surface area contributed by atoms with Gasteiger partial charge in [0.2, 0.25) is 0 Å². The molecule has 8 nitrogen and oxygen atoms in total. The Kier molecular flexibility index (Phi) is 3.77. The molecule has 3 atom stereocenters. The number of aliphatic hydroxyl groups is 1. The highest BCUT2D eigenvalue weighted by molar-refractivity contribution is 6.09. The topological polar surface area (TPSA) is 94.8 Å². The van der Waals surface area contributed by atoms with Crippen LogP contribution in [-0.2, 0) is 9.59 Å². The molecule has 0 aromatic heterocycles. The Morgan fingerprint density at radius 3 is 2.70 bits per heavy atom. The lowest BCUT2D eigenvalue weighted by molar-refractivity contribution is -0.144. The van der Waals surface area contributed by atoms with Gasteiger partial charge in [-0.25, -0.2) is 0 Å². The average molecular weight is 318 g/mol. The largest absolute Gasteiger partial charge is 0.496 e. The normalized spacial score (nSPS) is 24.3. The fraction of sp³-hybridized carbons (Fsp3) is 0.467. The lowest BCUT2D eigenvalue weighted by atomic mass is 9.99. The first kappa shape index (κ1) is 15.4. The number of carbonyl (C=O) groups excluding carboxylic acids is 2. The molecule has 3 rings (SSSR count). The molecule has 2 amide bonds. The van der Waals surface area contributed by atoms with E-state index in [0.29, 0.717) is 11.3 Å². The minimum absolute atomic E-state index is 0.390. The fourth-order valence-corrected chi connectivity index (χ4v) is 3.20. The summed E-state index contributed by atoms with van der Waals surface area (Å²) in [5.41, 5.74) is 1.45. The number of hydrogen-bond acceptors (Lipinski definition) is 7. The Bertz CT molecular complexity index is 690. The standard InChI is InChI=1S/C15H18N4O4/c1-8-5-4-6-10(23-3)11(8)9(7-20)19-14(21)12-13(15(19)22)18(2)17-16-12/h4-6,9,12-13,20H,7H2,1-3H3. The van der Waals surface area contributed by atoms with Gasteiger partial charge in [-0.3, -0.25) is 19.5 Å². The summed E-state index contributed by atoms with van der Waals surface area (Å²) in [6, 6.07) is 3.03. The van der Waals surface area contributed by atoms with Gasteiger partial charge in [0.05, 0.1) is 19.8 Å². The van der Waals surface area contributed by atoms with E-state index in [1.165, 1.54) is 12.1 Å². The van der Waals surface area contributed by atoms with Gasteiger partial charge in [0, 0.05) is 12.6 Å². The van der Waals surface area contributed by atoms with E-state index in [1.54, 1.807) is 13.1 Å². The Labute approximate surface area is 133 Å². The third kappa shape index (κ3) is 2.17. The summed E-state index contributed by atoms with van der Waals surface area (Å²) >= 11 is 0. The van der Waals surface area contributed by atoms with E-state index >= 15 is 0 Å². The van der Waals surface area contributed by atoms with Crippen LogP contribution in [0.2, 0.25) is 0 Å². The van der Waals surface area contributed by atoms with Crippen molar-refractivity contribution in [2.24, 2.45) is 10.3 Å². The van der Waals surface area contributed by atoms with Crippen LogP contribution in [0.1, 0.15) is 17.2 Å². The number of methoxy groups -OCH3 is 1. The van der Waals surface area contributed by atoms with Crippen molar-refractivity contribution in [1.82, 2.24) is 9.91 Å². The van der Waals surface area contributed by atoms with Crippen LogP contribution in [0.15, 0.2) is 28.5 Å². The van der Waals surface area contributed by atoms with Crippen molar-refractivity contribution in [3.8, 4) is 5.75 Å². The lowest BCUT2D eigenvalue weighted by Crippen LogP contribution is -2.40. The molecule has 0 spiro atoms. The SMILES string of the molecule is COc1cccc(C)c1C(CO)N1C(=O)C2N=NN(C)C2C1=O. The van der Waals surface area contributed by atoms with Crippen molar-refractivity contribution in [3.63, 3.8) is 0 Å². The first-order chi connectivity index (χ1) is 11.0. The molecule has 1 saturated heterocycles. The highest BCUT2D eigenvalue weighted by Crippen LogP contribution is 2.37. The van der Waals surface area contributed by atoms with Crippen LogP contribution in [0.4, 0.5) is 0 Å². The Morgan fingerprint density at radius 2 is 2.09 bits per heavy atom. The van der Waals surface area contributed by atoms with E-state index in [2.05, 4.69) is 10.3 Å². The maximum Gasteiger partial charge on any atom is 0.259 e. The first-order valence-corrected chi connectivity index (χ1v) is 7.26. The van der Waals surface area contributed by atoms with Gasteiger partial charge < -0.3 is 9.84 Å². The highest BCUT2D eigenvalue weighted by Gasteiger charge is 2.55. The van der Waals surface area contributed by atoms with Crippen molar-refractivity contribution < 1.29 is 19.4 Å². The van der Waals surface area contributed by atoms with Gasteiger partial charge in [0.25, 0.3) is 11.8 Å². The Morgan fingerprint density at radius 1 is 1.35 bits per heavy atom. The molecular weight excluding hydrogens is 300 g/mol. The molecule has 1 N–H and O–H groups in total. The van der Waals surface area contributed by atoms with Crippen LogP contribution < -0.4 is 4.74 Å². The zero-order valence-corrected chi connectivity index (χ0v) is 13.1. The van der Waals surface area contributed by atoms with Crippen molar-refractivity contribution in [2.45, 2.75) is 25.0 Å². The number of ether oxygens (including phenoxy) is 1. The van der Waals surface area contributed by atoms with E-state index < -0.39 is 29.9 Å². The second kappa shape index (κ2) is 5.62. The third-order valence-electron chi connectivity index (χ3n) is 4.32. The second-order valence-electron chi connectivity index (χ2n) is 5.60. The highest BCUT2D eigenvalue weighted by atomic mass is 16.5. The van der Waals surface area contributed by atoms with Crippen LogP contribution in [0.3, 0.4) is 0 Å². The van der Waals surface area contributed by atoms with E-state index in [1.807, 2.05) is 19.1 Å². The fourth-order valence-electron chi connectivity index (χ4n) is 3.20. The maximum atomic E-state index is 12.7. The number of carbonyl (C=O) groups is 2.